The lowest BCUT2D eigenvalue weighted by Gasteiger charge is -2.36. The molecule has 0 saturated carbocycles. The molecule has 3 aliphatic heterocycles. The van der Waals surface area contributed by atoms with E-state index in [0.29, 0.717) is 19.6 Å². The molecule has 7 heteroatoms. The number of β-amino-alcohol motifs (C(OH)–C–C–N with tert-alkyl or cyclic N) is 1. The van der Waals surface area contributed by atoms with E-state index in [0.717, 1.165) is 63.2 Å². The van der Waals surface area contributed by atoms with Crippen LogP contribution in [-0.4, -0.2) is 89.8 Å². The van der Waals surface area contributed by atoms with Gasteiger partial charge in [-0.25, -0.2) is 4.31 Å². The van der Waals surface area contributed by atoms with Crippen LogP contribution in [0.1, 0.15) is 27.0 Å². The molecule has 1 fully saturated rings. The average Bonchev–Trinajstić information content (AvgIpc) is 2.85. The summed E-state index contributed by atoms with van der Waals surface area (Å²) in [6.07, 6.45) is 3.47. The molecule has 6 nitrogen and oxygen atoms in total. The Hall–Kier alpha value is -2.06. The molecule has 1 saturated heterocycles. The van der Waals surface area contributed by atoms with Gasteiger partial charge in [-0.05, 0) is 54.0 Å². The van der Waals surface area contributed by atoms with Gasteiger partial charge in [-0.1, -0.05) is 36.2 Å². The normalized spacial score (nSPS) is 20.5. The highest BCUT2D eigenvalue weighted by Gasteiger charge is 2.28. The Labute approximate surface area is 201 Å². The minimum atomic E-state index is -0.534. The molecule has 2 aromatic rings. The van der Waals surface area contributed by atoms with Crippen LogP contribution in [0.15, 0.2) is 42.5 Å². The number of amides is 1. The fourth-order valence-corrected chi connectivity index (χ4v) is 5.87. The molecular formula is C26H34N4O2S. The van der Waals surface area contributed by atoms with Gasteiger partial charge < -0.3 is 14.9 Å². The minimum absolute atomic E-state index is 0.0537. The van der Waals surface area contributed by atoms with E-state index in [2.05, 4.69) is 56.8 Å². The van der Waals surface area contributed by atoms with Gasteiger partial charge in [0.25, 0.3) is 5.91 Å². The SMILES string of the molecule is CSN1CCN(c2ccc3c(c2)CCN(C[C@H](O)CN2CCc4ccccc4C2)C3=O)CC1. The molecule has 0 radical (unpaired) electrons. The molecular weight excluding hydrogens is 432 g/mol. The Balaban J connectivity index is 1.17. The maximum absolute atomic E-state index is 13.2. The smallest absolute Gasteiger partial charge is 0.254 e. The van der Waals surface area contributed by atoms with Gasteiger partial charge in [0, 0.05) is 70.2 Å². The molecule has 0 aromatic heterocycles. The first kappa shape index (κ1) is 22.7. The number of aliphatic hydroxyl groups excluding tert-OH is 1. The second kappa shape index (κ2) is 10.1. The van der Waals surface area contributed by atoms with Crippen LogP contribution in [-0.2, 0) is 19.4 Å². The second-order valence-corrected chi connectivity index (χ2v) is 10.2. The van der Waals surface area contributed by atoms with Gasteiger partial charge in [0.15, 0.2) is 0 Å². The van der Waals surface area contributed by atoms with E-state index < -0.39 is 6.10 Å². The number of aliphatic hydroxyl groups is 1. The summed E-state index contributed by atoms with van der Waals surface area (Å²) in [6, 6.07) is 14.8. The molecule has 33 heavy (non-hydrogen) atoms. The van der Waals surface area contributed by atoms with E-state index in [1.54, 1.807) is 0 Å². The summed E-state index contributed by atoms with van der Waals surface area (Å²) < 4.78 is 2.39. The Bertz CT molecular complexity index is 992. The van der Waals surface area contributed by atoms with E-state index in [9.17, 15) is 9.90 Å². The predicted molar refractivity (Wildman–Crippen MR) is 135 cm³/mol. The van der Waals surface area contributed by atoms with Gasteiger partial charge in [0.1, 0.15) is 0 Å². The zero-order valence-corrected chi connectivity index (χ0v) is 20.3. The van der Waals surface area contributed by atoms with Crippen molar-refractivity contribution >= 4 is 23.5 Å². The molecule has 0 bridgehead atoms. The number of benzene rings is 2. The third kappa shape index (κ3) is 5.06. The zero-order chi connectivity index (χ0) is 22.8. The highest BCUT2D eigenvalue weighted by atomic mass is 32.2. The average molecular weight is 467 g/mol. The molecule has 1 amide bonds. The molecule has 2 aromatic carbocycles. The van der Waals surface area contributed by atoms with Crippen molar-refractivity contribution in [3.05, 3.63) is 64.7 Å². The van der Waals surface area contributed by atoms with Gasteiger partial charge in [0.05, 0.1) is 6.10 Å². The number of rotatable bonds is 6. The highest BCUT2D eigenvalue weighted by Crippen LogP contribution is 2.27. The third-order valence-corrected chi connectivity index (χ3v) is 8.11. The number of hydrogen-bond acceptors (Lipinski definition) is 6. The van der Waals surface area contributed by atoms with Gasteiger partial charge >= 0.3 is 0 Å². The summed E-state index contributed by atoms with van der Waals surface area (Å²) in [7, 11) is 0. The van der Waals surface area contributed by atoms with Gasteiger partial charge in [-0.2, -0.15) is 0 Å². The number of nitrogens with zero attached hydrogens (tertiary/aromatic N) is 4. The number of hydrogen-bond donors (Lipinski definition) is 1. The lowest BCUT2D eigenvalue weighted by molar-refractivity contribution is 0.0493. The molecule has 1 atom stereocenters. The van der Waals surface area contributed by atoms with Crippen molar-refractivity contribution in [2.45, 2.75) is 25.5 Å². The van der Waals surface area contributed by atoms with E-state index >= 15 is 0 Å². The van der Waals surface area contributed by atoms with Crippen LogP contribution in [0.4, 0.5) is 5.69 Å². The van der Waals surface area contributed by atoms with Gasteiger partial charge in [-0.3, -0.25) is 9.69 Å². The standard InChI is InChI=1S/C26H34N4O2S/c1-33-30-14-12-28(13-15-30)23-6-7-25-21(16-23)9-11-29(26(25)32)19-24(31)18-27-10-8-20-4-2-3-5-22(20)17-27/h2-7,16,24,31H,8-15,17-19H2,1H3/t24-/m1/s1. The minimum Gasteiger partial charge on any atom is -0.390 e. The van der Waals surface area contributed by atoms with Crippen LogP contribution in [0, 0.1) is 0 Å². The summed E-state index contributed by atoms with van der Waals surface area (Å²) in [4.78, 5) is 19.7. The molecule has 3 aliphatic rings. The van der Waals surface area contributed by atoms with Crippen LogP contribution >= 0.6 is 11.9 Å². The fourth-order valence-electron chi connectivity index (χ4n) is 5.34. The molecule has 0 spiro atoms. The summed E-state index contributed by atoms with van der Waals surface area (Å²) in [5.41, 5.74) is 5.93. The lowest BCUT2D eigenvalue weighted by Crippen LogP contribution is -2.46. The molecule has 0 aliphatic carbocycles. The molecule has 0 unspecified atom stereocenters. The third-order valence-electron chi connectivity index (χ3n) is 7.23. The number of carbonyl (C=O) groups excluding carboxylic acids is 1. The highest BCUT2D eigenvalue weighted by molar-refractivity contribution is 7.96. The number of fused-ring (bicyclic) bond motifs is 2. The summed E-state index contributed by atoms with van der Waals surface area (Å²) in [5, 5.41) is 10.8. The largest absolute Gasteiger partial charge is 0.390 e. The van der Waals surface area contributed by atoms with Crippen LogP contribution < -0.4 is 4.90 Å². The molecule has 5 rings (SSSR count). The Morgan fingerprint density at radius 3 is 2.45 bits per heavy atom. The maximum atomic E-state index is 13.2. The first-order chi connectivity index (χ1) is 16.1. The maximum Gasteiger partial charge on any atom is 0.254 e. The van der Waals surface area contributed by atoms with E-state index in [-0.39, 0.29) is 5.91 Å². The van der Waals surface area contributed by atoms with Crippen molar-refractivity contribution in [1.29, 1.82) is 0 Å². The topological polar surface area (TPSA) is 50.3 Å². The van der Waals surface area contributed by atoms with Crippen molar-refractivity contribution in [1.82, 2.24) is 14.1 Å². The van der Waals surface area contributed by atoms with Crippen molar-refractivity contribution < 1.29 is 9.90 Å². The van der Waals surface area contributed by atoms with E-state index in [1.807, 2.05) is 22.9 Å². The zero-order valence-electron chi connectivity index (χ0n) is 19.4. The summed E-state index contributed by atoms with van der Waals surface area (Å²) in [6.45, 7) is 7.67. The van der Waals surface area contributed by atoms with Crippen LogP contribution in [0.5, 0.6) is 0 Å². The van der Waals surface area contributed by atoms with Gasteiger partial charge in [0.2, 0.25) is 0 Å². The Morgan fingerprint density at radius 1 is 0.909 bits per heavy atom. The predicted octanol–water partition coefficient (Wildman–Crippen LogP) is 2.50. The monoisotopic (exact) mass is 466 g/mol. The van der Waals surface area contributed by atoms with Crippen molar-refractivity contribution in [2.24, 2.45) is 0 Å². The molecule has 1 N–H and O–H groups in total. The second-order valence-electron chi connectivity index (χ2n) is 9.35. The fraction of sp³-hybridized carbons (Fsp3) is 0.500. The number of piperazine rings is 1. The molecule has 3 heterocycles. The van der Waals surface area contributed by atoms with Gasteiger partial charge in [-0.15, -0.1) is 0 Å². The van der Waals surface area contributed by atoms with Crippen molar-refractivity contribution in [3.63, 3.8) is 0 Å². The Kier molecular flexibility index (Phi) is 6.92. The number of anilines is 1. The van der Waals surface area contributed by atoms with Crippen molar-refractivity contribution in [3.8, 4) is 0 Å². The first-order valence-electron chi connectivity index (χ1n) is 12.0. The van der Waals surface area contributed by atoms with E-state index in [1.165, 1.54) is 16.8 Å². The first-order valence-corrected chi connectivity index (χ1v) is 13.2. The summed E-state index contributed by atoms with van der Waals surface area (Å²) >= 11 is 1.81. The van der Waals surface area contributed by atoms with E-state index in [4.69, 9.17) is 0 Å². The van der Waals surface area contributed by atoms with Crippen molar-refractivity contribution in [2.75, 3.05) is 63.5 Å². The van der Waals surface area contributed by atoms with Crippen LogP contribution in [0.25, 0.3) is 0 Å². The molecule has 176 valence electrons. The van der Waals surface area contributed by atoms with Crippen LogP contribution in [0.3, 0.4) is 0 Å². The van der Waals surface area contributed by atoms with Crippen LogP contribution in [0.2, 0.25) is 0 Å². The Morgan fingerprint density at radius 2 is 1.67 bits per heavy atom. The summed E-state index contributed by atoms with van der Waals surface area (Å²) in [5.74, 6) is 0.0537. The lowest BCUT2D eigenvalue weighted by atomic mass is 9.97. The number of carbonyl (C=O) groups is 1. The quantitative estimate of drug-likeness (QED) is 0.661.